The van der Waals surface area contributed by atoms with Crippen LogP contribution in [-0.2, 0) is 14.6 Å². The SMILES string of the molecule is CCC(C)(N)C(=O)Nc1cc(S(C)(=O)=O)ccc1Cl. The minimum Gasteiger partial charge on any atom is -0.323 e. The molecule has 0 spiro atoms. The lowest BCUT2D eigenvalue weighted by atomic mass is 9.99. The average molecular weight is 305 g/mol. The Hall–Kier alpha value is -1.11. The highest BCUT2D eigenvalue weighted by Crippen LogP contribution is 2.26. The third kappa shape index (κ3) is 3.92. The molecule has 0 aliphatic rings. The predicted molar refractivity (Wildman–Crippen MR) is 76.1 cm³/mol. The van der Waals surface area contributed by atoms with E-state index in [0.29, 0.717) is 6.42 Å². The second-order valence-electron chi connectivity index (χ2n) is 4.64. The van der Waals surface area contributed by atoms with E-state index in [4.69, 9.17) is 17.3 Å². The minimum atomic E-state index is -3.36. The van der Waals surface area contributed by atoms with Crippen LogP contribution in [0.15, 0.2) is 23.1 Å². The average Bonchev–Trinajstić information content (AvgIpc) is 2.30. The van der Waals surface area contributed by atoms with Crippen LogP contribution in [0.1, 0.15) is 20.3 Å². The van der Waals surface area contributed by atoms with Crippen molar-refractivity contribution in [2.75, 3.05) is 11.6 Å². The fourth-order valence-corrected chi connectivity index (χ4v) is 2.07. The molecule has 0 heterocycles. The van der Waals surface area contributed by atoms with Gasteiger partial charge in [0, 0.05) is 6.26 Å². The molecule has 0 radical (unpaired) electrons. The Morgan fingerprint density at radius 1 is 1.47 bits per heavy atom. The van der Waals surface area contributed by atoms with E-state index in [1.54, 1.807) is 13.8 Å². The first kappa shape index (κ1) is 15.9. The van der Waals surface area contributed by atoms with E-state index in [1.165, 1.54) is 18.2 Å². The van der Waals surface area contributed by atoms with Crippen LogP contribution in [0.25, 0.3) is 0 Å². The van der Waals surface area contributed by atoms with Crippen molar-refractivity contribution in [1.29, 1.82) is 0 Å². The molecular weight excluding hydrogens is 288 g/mol. The molecule has 0 aliphatic carbocycles. The molecule has 106 valence electrons. The van der Waals surface area contributed by atoms with Crippen LogP contribution in [0.4, 0.5) is 5.69 Å². The first-order chi connectivity index (χ1) is 8.58. The highest BCUT2D eigenvalue weighted by atomic mass is 35.5. The minimum absolute atomic E-state index is 0.0856. The summed E-state index contributed by atoms with van der Waals surface area (Å²) >= 11 is 5.93. The van der Waals surface area contributed by atoms with Gasteiger partial charge in [-0.15, -0.1) is 0 Å². The van der Waals surface area contributed by atoms with Gasteiger partial charge >= 0.3 is 0 Å². The predicted octanol–water partition coefficient (Wildman–Crippen LogP) is 1.81. The summed E-state index contributed by atoms with van der Waals surface area (Å²) in [6.07, 6.45) is 1.53. The quantitative estimate of drug-likeness (QED) is 0.887. The van der Waals surface area contributed by atoms with Gasteiger partial charge in [-0.3, -0.25) is 4.79 Å². The number of halogens is 1. The van der Waals surface area contributed by atoms with Crippen molar-refractivity contribution in [2.45, 2.75) is 30.7 Å². The number of rotatable bonds is 4. The Morgan fingerprint density at radius 2 is 2.05 bits per heavy atom. The third-order valence-electron chi connectivity index (χ3n) is 2.87. The van der Waals surface area contributed by atoms with Gasteiger partial charge in [-0.1, -0.05) is 18.5 Å². The van der Waals surface area contributed by atoms with E-state index < -0.39 is 21.3 Å². The lowest BCUT2D eigenvalue weighted by Crippen LogP contribution is -2.47. The fourth-order valence-electron chi connectivity index (χ4n) is 1.26. The van der Waals surface area contributed by atoms with Crippen molar-refractivity contribution >= 4 is 33.0 Å². The number of carbonyl (C=O) groups is 1. The zero-order valence-electron chi connectivity index (χ0n) is 11.0. The summed E-state index contributed by atoms with van der Waals surface area (Å²) < 4.78 is 22.9. The maximum atomic E-state index is 11.9. The molecule has 7 heteroatoms. The van der Waals surface area contributed by atoms with Gasteiger partial charge in [0.1, 0.15) is 0 Å². The van der Waals surface area contributed by atoms with Crippen LogP contribution in [0, 0.1) is 0 Å². The summed E-state index contributed by atoms with van der Waals surface area (Å²) in [5, 5.41) is 2.81. The van der Waals surface area contributed by atoms with Gasteiger partial charge < -0.3 is 11.1 Å². The first-order valence-corrected chi connectivity index (χ1v) is 7.95. The number of hydrogen-bond acceptors (Lipinski definition) is 4. The molecule has 19 heavy (non-hydrogen) atoms. The molecule has 0 bridgehead atoms. The lowest BCUT2D eigenvalue weighted by molar-refractivity contribution is -0.120. The Kier molecular flexibility index (Phi) is 4.60. The van der Waals surface area contributed by atoms with Crippen LogP contribution >= 0.6 is 11.6 Å². The third-order valence-corrected chi connectivity index (χ3v) is 4.31. The second kappa shape index (κ2) is 5.48. The van der Waals surface area contributed by atoms with E-state index in [9.17, 15) is 13.2 Å². The summed E-state index contributed by atoms with van der Waals surface area (Å²) in [5.74, 6) is -0.414. The van der Waals surface area contributed by atoms with Crippen LogP contribution in [0.5, 0.6) is 0 Å². The summed E-state index contributed by atoms with van der Waals surface area (Å²) in [4.78, 5) is 12.0. The van der Waals surface area contributed by atoms with Crippen LogP contribution < -0.4 is 11.1 Å². The summed E-state index contributed by atoms with van der Waals surface area (Å²) in [7, 11) is -3.36. The Labute approximate surface area is 118 Å². The first-order valence-electron chi connectivity index (χ1n) is 5.68. The normalized spacial score (nSPS) is 14.8. The molecule has 3 N–H and O–H groups in total. The zero-order valence-corrected chi connectivity index (χ0v) is 12.6. The molecule has 1 rings (SSSR count). The number of hydrogen-bond donors (Lipinski definition) is 2. The molecule has 1 atom stereocenters. The van der Waals surface area contributed by atoms with Gasteiger partial charge in [0.05, 0.1) is 21.1 Å². The van der Waals surface area contributed by atoms with Gasteiger partial charge in [-0.2, -0.15) is 0 Å². The van der Waals surface area contributed by atoms with Crippen molar-refractivity contribution in [3.05, 3.63) is 23.2 Å². The number of nitrogens with two attached hydrogens (primary N) is 1. The zero-order chi connectivity index (χ0) is 14.8. The van der Waals surface area contributed by atoms with Crippen LogP contribution in [-0.4, -0.2) is 26.1 Å². The highest BCUT2D eigenvalue weighted by Gasteiger charge is 2.26. The molecule has 1 unspecified atom stereocenters. The maximum Gasteiger partial charge on any atom is 0.244 e. The molecule has 1 amide bonds. The lowest BCUT2D eigenvalue weighted by Gasteiger charge is -2.22. The largest absolute Gasteiger partial charge is 0.323 e. The van der Waals surface area contributed by atoms with E-state index >= 15 is 0 Å². The van der Waals surface area contributed by atoms with Gasteiger partial charge in [0.2, 0.25) is 5.91 Å². The van der Waals surface area contributed by atoms with Crippen molar-refractivity contribution in [3.63, 3.8) is 0 Å². The highest BCUT2D eigenvalue weighted by molar-refractivity contribution is 7.90. The maximum absolute atomic E-state index is 11.9. The van der Waals surface area contributed by atoms with E-state index in [0.717, 1.165) is 6.26 Å². The second-order valence-corrected chi connectivity index (χ2v) is 7.06. The summed E-state index contributed by atoms with van der Waals surface area (Å²) in [6.45, 7) is 3.38. The molecule has 1 aromatic rings. The number of anilines is 1. The Balaban J connectivity index is 3.12. The molecule has 0 aromatic heterocycles. The topological polar surface area (TPSA) is 89.3 Å². The van der Waals surface area contributed by atoms with E-state index in [2.05, 4.69) is 5.32 Å². The van der Waals surface area contributed by atoms with E-state index in [1.807, 2.05) is 0 Å². The molecule has 0 aliphatic heterocycles. The van der Waals surface area contributed by atoms with Crippen molar-refractivity contribution in [3.8, 4) is 0 Å². The number of benzene rings is 1. The molecule has 0 saturated carbocycles. The van der Waals surface area contributed by atoms with Crippen molar-refractivity contribution < 1.29 is 13.2 Å². The number of carbonyl (C=O) groups excluding carboxylic acids is 1. The molecule has 0 fully saturated rings. The van der Waals surface area contributed by atoms with Gasteiger partial charge in [0.25, 0.3) is 0 Å². The number of nitrogens with one attached hydrogen (secondary N) is 1. The Morgan fingerprint density at radius 3 is 2.53 bits per heavy atom. The number of sulfone groups is 1. The van der Waals surface area contributed by atoms with Crippen molar-refractivity contribution in [2.24, 2.45) is 5.73 Å². The van der Waals surface area contributed by atoms with Gasteiger partial charge in [0.15, 0.2) is 9.84 Å². The standard InChI is InChI=1S/C12H17ClN2O3S/c1-4-12(2,14)11(16)15-10-7-8(19(3,17)18)5-6-9(10)13/h5-7H,4,14H2,1-3H3,(H,15,16). The molecule has 1 aromatic carbocycles. The molecular formula is C12H17ClN2O3S. The smallest absolute Gasteiger partial charge is 0.244 e. The van der Waals surface area contributed by atoms with Crippen molar-refractivity contribution in [1.82, 2.24) is 0 Å². The molecule has 5 nitrogen and oxygen atoms in total. The number of amides is 1. The summed E-state index contributed by atoms with van der Waals surface area (Å²) in [5.41, 5.74) is 5.01. The van der Waals surface area contributed by atoms with Gasteiger partial charge in [-0.05, 0) is 31.5 Å². The Bertz CT molecular complexity index is 597. The fraction of sp³-hybridized carbons (Fsp3) is 0.417. The van der Waals surface area contributed by atoms with E-state index in [-0.39, 0.29) is 15.6 Å². The molecule has 0 saturated heterocycles. The van der Waals surface area contributed by atoms with Crippen LogP contribution in [0.3, 0.4) is 0 Å². The van der Waals surface area contributed by atoms with Crippen LogP contribution in [0.2, 0.25) is 5.02 Å². The monoisotopic (exact) mass is 304 g/mol. The van der Waals surface area contributed by atoms with Gasteiger partial charge in [-0.25, -0.2) is 8.42 Å². The summed E-state index contributed by atoms with van der Waals surface area (Å²) in [6, 6.07) is 4.13.